The Morgan fingerprint density at radius 3 is 1.82 bits per heavy atom. The van der Waals surface area contributed by atoms with Crippen molar-refractivity contribution in [3.8, 4) is 33.4 Å². The fourth-order valence-electron chi connectivity index (χ4n) is 7.53. The first kappa shape index (κ1) is 29.5. The second kappa shape index (κ2) is 12.2. The number of para-hydroxylation sites is 2. The molecule has 0 bridgehead atoms. The molecule has 0 radical (unpaired) electrons. The highest BCUT2D eigenvalue weighted by atomic mass is 32.1. The third-order valence-corrected chi connectivity index (χ3v) is 11.0. The summed E-state index contributed by atoms with van der Waals surface area (Å²) in [7, 11) is 0. The van der Waals surface area contributed by atoms with Crippen LogP contribution in [-0.2, 0) is 0 Å². The Kier molecular flexibility index (Phi) is 7.04. The standard InChI is InChI=1S/C48H31NOS/c1-3-13-32(14-4-1)33-25-27-35(28-26-33)49(36-29-30-40-39-18-8-10-24-45(39)51-46(40)31-36)43-22-12-19-37(34-15-5-2-6-16-34)47(43)42-21-11-20-41-38-17-7-9-23-44(38)50-48(41)42/h1-31H. The SMILES string of the molecule is c1ccc(-c2ccc(N(c3ccc4c(c3)sc3ccccc34)c3cccc(-c4ccccc4)c3-c3cccc4c3oc3ccccc34)cc2)cc1. The quantitative estimate of drug-likeness (QED) is 0.175. The lowest BCUT2D eigenvalue weighted by Crippen LogP contribution is -2.11. The predicted octanol–water partition coefficient (Wildman–Crippen LogP) is 14.4. The highest BCUT2D eigenvalue weighted by Gasteiger charge is 2.24. The molecule has 8 aromatic carbocycles. The zero-order valence-electron chi connectivity index (χ0n) is 27.7. The number of hydrogen-bond acceptors (Lipinski definition) is 3. The average molecular weight is 670 g/mol. The van der Waals surface area contributed by atoms with Crippen LogP contribution in [0.15, 0.2) is 192 Å². The lowest BCUT2D eigenvalue weighted by atomic mass is 9.91. The molecule has 0 aliphatic rings. The maximum absolute atomic E-state index is 6.71. The molecule has 0 unspecified atom stereocenters. The molecule has 2 heterocycles. The van der Waals surface area contributed by atoms with E-state index in [0.29, 0.717) is 0 Å². The second-order valence-electron chi connectivity index (χ2n) is 12.9. The van der Waals surface area contributed by atoms with Gasteiger partial charge in [0.25, 0.3) is 0 Å². The molecule has 0 spiro atoms. The molecule has 0 saturated carbocycles. The molecule has 0 fully saturated rings. The van der Waals surface area contributed by atoms with E-state index in [1.807, 2.05) is 17.4 Å². The summed E-state index contributed by atoms with van der Waals surface area (Å²) in [4.78, 5) is 2.42. The highest BCUT2D eigenvalue weighted by molar-refractivity contribution is 7.25. The minimum Gasteiger partial charge on any atom is -0.455 e. The number of hydrogen-bond donors (Lipinski definition) is 0. The molecule has 240 valence electrons. The monoisotopic (exact) mass is 669 g/mol. The Bertz CT molecular complexity index is 2850. The molecule has 0 N–H and O–H groups in total. The normalized spacial score (nSPS) is 11.5. The first-order valence-corrected chi connectivity index (χ1v) is 18.1. The van der Waals surface area contributed by atoms with E-state index in [1.165, 1.54) is 31.3 Å². The number of benzene rings is 8. The number of nitrogens with zero attached hydrogens (tertiary/aromatic N) is 1. The molecule has 0 atom stereocenters. The molecule has 10 aromatic rings. The van der Waals surface area contributed by atoms with Gasteiger partial charge in [0.1, 0.15) is 11.2 Å². The largest absolute Gasteiger partial charge is 0.455 e. The third kappa shape index (κ3) is 5.01. The smallest absolute Gasteiger partial charge is 0.143 e. The van der Waals surface area contributed by atoms with Gasteiger partial charge in [0.05, 0.1) is 5.69 Å². The van der Waals surface area contributed by atoms with Gasteiger partial charge in [-0.3, -0.25) is 0 Å². The number of rotatable bonds is 6. The van der Waals surface area contributed by atoms with Crippen molar-refractivity contribution in [2.24, 2.45) is 0 Å². The maximum Gasteiger partial charge on any atom is 0.143 e. The van der Waals surface area contributed by atoms with Crippen LogP contribution in [0.25, 0.3) is 75.5 Å². The van der Waals surface area contributed by atoms with Crippen LogP contribution in [0.1, 0.15) is 0 Å². The summed E-state index contributed by atoms with van der Waals surface area (Å²) in [6.45, 7) is 0. The zero-order valence-corrected chi connectivity index (χ0v) is 28.5. The summed E-state index contributed by atoms with van der Waals surface area (Å²) in [5.74, 6) is 0. The summed E-state index contributed by atoms with van der Waals surface area (Å²) >= 11 is 1.85. The van der Waals surface area contributed by atoms with E-state index in [4.69, 9.17) is 4.42 Å². The molecule has 0 amide bonds. The molecule has 10 rings (SSSR count). The van der Waals surface area contributed by atoms with Gasteiger partial charge >= 0.3 is 0 Å². The number of anilines is 3. The van der Waals surface area contributed by atoms with Gasteiger partial charge in [-0.2, -0.15) is 0 Å². The molecule has 0 aliphatic heterocycles. The Morgan fingerprint density at radius 1 is 0.392 bits per heavy atom. The van der Waals surface area contributed by atoms with Gasteiger partial charge < -0.3 is 9.32 Å². The van der Waals surface area contributed by atoms with Crippen LogP contribution >= 0.6 is 11.3 Å². The van der Waals surface area contributed by atoms with Gasteiger partial charge in [0, 0.05) is 53.4 Å². The summed E-state index contributed by atoms with van der Waals surface area (Å²) in [5, 5.41) is 4.81. The van der Waals surface area contributed by atoms with Crippen molar-refractivity contribution < 1.29 is 4.42 Å². The molecule has 0 saturated heterocycles. The van der Waals surface area contributed by atoms with Crippen LogP contribution in [0.5, 0.6) is 0 Å². The Balaban J connectivity index is 1.26. The third-order valence-electron chi connectivity index (χ3n) is 9.89. The van der Waals surface area contributed by atoms with Crippen molar-refractivity contribution in [1.82, 2.24) is 0 Å². The highest BCUT2D eigenvalue weighted by Crippen LogP contribution is 2.49. The van der Waals surface area contributed by atoms with Gasteiger partial charge in [-0.05, 0) is 64.7 Å². The maximum atomic E-state index is 6.71. The average Bonchev–Trinajstić information content (AvgIpc) is 3.77. The molecule has 2 nitrogen and oxygen atoms in total. The van der Waals surface area contributed by atoms with E-state index in [0.717, 1.165) is 61.3 Å². The second-order valence-corrected chi connectivity index (χ2v) is 14.0. The predicted molar refractivity (Wildman–Crippen MR) is 218 cm³/mol. The Morgan fingerprint density at radius 2 is 1.00 bits per heavy atom. The van der Waals surface area contributed by atoms with Crippen molar-refractivity contribution in [3.63, 3.8) is 0 Å². The van der Waals surface area contributed by atoms with Crippen LogP contribution in [0.2, 0.25) is 0 Å². The van der Waals surface area contributed by atoms with Crippen molar-refractivity contribution in [1.29, 1.82) is 0 Å². The topological polar surface area (TPSA) is 16.4 Å². The van der Waals surface area contributed by atoms with Crippen LogP contribution in [-0.4, -0.2) is 0 Å². The van der Waals surface area contributed by atoms with Crippen molar-refractivity contribution in [3.05, 3.63) is 188 Å². The number of thiophene rings is 1. The Labute approximate surface area is 300 Å². The van der Waals surface area contributed by atoms with E-state index in [1.54, 1.807) is 0 Å². The fraction of sp³-hybridized carbons (Fsp3) is 0. The molecule has 2 aromatic heterocycles. The summed E-state index contributed by atoms with van der Waals surface area (Å²) < 4.78 is 9.28. The first-order valence-electron chi connectivity index (χ1n) is 17.3. The molecular weight excluding hydrogens is 639 g/mol. The van der Waals surface area contributed by atoms with Crippen molar-refractivity contribution >= 4 is 70.5 Å². The molecule has 3 heteroatoms. The number of fused-ring (bicyclic) bond motifs is 6. The van der Waals surface area contributed by atoms with Gasteiger partial charge in [0.15, 0.2) is 0 Å². The lowest BCUT2D eigenvalue weighted by Gasteiger charge is -2.29. The zero-order chi connectivity index (χ0) is 33.7. The van der Waals surface area contributed by atoms with Gasteiger partial charge in [-0.1, -0.05) is 146 Å². The van der Waals surface area contributed by atoms with E-state index < -0.39 is 0 Å². The van der Waals surface area contributed by atoms with Gasteiger partial charge in [-0.25, -0.2) is 0 Å². The van der Waals surface area contributed by atoms with Crippen LogP contribution in [0.3, 0.4) is 0 Å². The van der Waals surface area contributed by atoms with Crippen molar-refractivity contribution in [2.75, 3.05) is 4.90 Å². The van der Waals surface area contributed by atoms with E-state index in [2.05, 4.69) is 187 Å². The van der Waals surface area contributed by atoms with Crippen molar-refractivity contribution in [2.45, 2.75) is 0 Å². The molecule has 0 aliphatic carbocycles. The minimum atomic E-state index is 0.891. The lowest BCUT2D eigenvalue weighted by molar-refractivity contribution is 0.670. The first-order chi connectivity index (χ1) is 25.3. The fourth-order valence-corrected chi connectivity index (χ4v) is 8.67. The minimum absolute atomic E-state index is 0.891. The van der Waals surface area contributed by atoms with E-state index >= 15 is 0 Å². The van der Waals surface area contributed by atoms with E-state index in [9.17, 15) is 0 Å². The number of furan rings is 1. The van der Waals surface area contributed by atoms with Gasteiger partial charge in [0.2, 0.25) is 0 Å². The van der Waals surface area contributed by atoms with Crippen LogP contribution < -0.4 is 4.90 Å². The van der Waals surface area contributed by atoms with Crippen LogP contribution in [0, 0.1) is 0 Å². The van der Waals surface area contributed by atoms with Crippen LogP contribution in [0.4, 0.5) is 17.1 Å². The van der Waals surface area contributed by atoms with Gasteiger partial charge in [-0.15, -0.1) is 11.3 Å². The Hall–Kier alpha value is -6.42. The summed E-state index contributed by atoms with van der Waals surface area (Å²) in [6, 6.07) is 67.4. The molecular formula is C48H31NOS. The molecule has 51 heavy (non-hydrogen) atoms. The summed E-state index contributed by atoms with van der Waals surface area (Å²) in [5.41, 5.74) is 11.9. The van der Waals surface area contributed by atoms with E-state index in [-0.39, 0.29) is 0 Å². The summed E-state index contributed by atoms with van der Waals surface area (Å²) in [6.07, 6.45) is 0.